The van der Waals surface area contributed by atoms with Gasteiger partial charge in [-0.05, 0) is 36.8 Å². The molecule has 7 heteroatoms. The summed E-state index contributed by atoms with van der Waals surface area (Å²) < 4.78 is 5.89. The Hall–Kier alpha value is -4.52. The number of carboxylic acid groups (broad SMARTS) is 1. The van der Waals surface area contributed by atoms with Crippen LogP contribution in [-0.4, -0.2) is 27.0 Å². The lowest BCUT2D eigenvalue weighted by molar-refractivity contribution is -0.115. The van der Waals surface area contributed by atoms with E-state index in [0.29, 0.717) is 22.6 Å². The SMILES string of the molecule is Cc1ccc(CC(=O)Nc2cc(-c3cncc(C(=O)O)c3)cnc2Oc2ccccc2)cc1. The molecule has 2 aromatic heterocycles. The standard InChI is InChI=1S/C26H21N3O4/c1-17-7-9-18(10-8-17)11-24(30)29-23-13-20(19-12-21(26(31)32)15-27-14-19)16-28-25(23)33-22-5-3-2-4-6-22/h2-10,12-16H,11H2,1H3,(H,29,30)(H,31,32). The number of carbonyl (C=O) groups excluding carboxylic acids is 1. The van der Waals surface area contributed by atoms with Crippen LogP contribution in [0, 0.1) is 6.92 Å². The monoisotopic (exact) mass is 439 g/mol. The molecule has 1 amide bonds. The molecule has 0 radical (unpaired) electrons. The van der Waals surface area contributed by atoms with Crippen molar-refractivity contribution < 1.29 is 19.4 Å². The summed E-state index contributed by atoms with van der Waals surface area (Å²) in [6.45, 7) is 1.99. The molecule has 0 aliphatic heterocycles. The van der Waals surface area contributed by atoms with Gasteiger partial charge < -0.3 is 15.2 Å². The number of aryl methyl sites for hydroxylation is 1. The van der Waals surface area contributed by atoms with E-state index in [4.69, 9.17) is 4.74 Å². The van der Waals surface area contributed by atoms with Crippen molar-refractivity contribution in [3.05, 3.63) is 102 Å². The van der Waals surface area contributed by atoms with Gasteiger partial charge in [0.2, 0.25) is 11.8 Å². The Morgan fingerprint density at radius 3 is 2.39 bits per heavy atom. The quantitative estimate of drug-likeness (QED) is 0.414. The molecule has 0 fully saturated rings. The summed E-state index contributed by atoms with van der Waals surface area (Å²) in [7, 11) is 0. The summed E-state index contributed by atoms with van der Waals surface area (Å²) in [6, 6.07) is 20.0. The third kappa shape index (κ3) is 5.59. The number of nitrogens with zero attached hydrogens (tertiary/aromatic N) is 2. The van der Waals surface area contributed by atoms with Crippen molar-refractivity contribution in [1.29, 1.82) is 0 Å². The highest BCUT2D eigenvalue weighted by atomic mass is 16.5. The lowest BCUT2D eigenvalue weighted by Gasteiger charge is -2.13. The van der Waals surface area contributed by atoms with Crippen LogP contribution in [0.1, 0.15) is 21.5 Å². The zero-order valence-corrected chi connectivity index (χ0v) is 17.9. The van der Waals surface area contributed by atoms with Crippen LogP contribution >= 0.6 is 0 Å². The molecule has 0 bridgehead atoms. The molecule has 2 aromatic carbocycles. The van der Waals surface area contributed by atoms with Crippen molar-refractivity contribution in [3.8, 4) is 22.8 Å². The topological polar surface area (TPSA) is 101 Å². The maximum Gasteiger partial charge on any atom is 0.337 e. The fourth-order valence-electron chi connectivity index (χ4n) is 3.18. The summed E-state index contributed by atoms with van der Waals surface area (Å²) in [5.74, 6) is -0.507. The van der Waals surface area contributed by atoms with E-state index in [1.165, 1.54) is 12.3 Å². The number of para-hydroxylation sites is 1. The molecule has 2 N–H and O–H groups in total. The minimum atomic E-state index is -1.08. The van der Waals surface area contributed by atoms with Crippen LogP contribution in [-0.2, 0) is 11.2 Å². The molecule has 0 unspecified atom stereocenters. The van der Waals surface area contributed by atoms with Crippen LogP contribution in [0.3, 0.4) is 0 Å². The van der Waals surface area contributed by atoms with Crippen LogP contribution in [0.4, 0.5) is 5.69 Å². The Kier molecular flexibility index (Phi) is 6.40. The molecule has 0 aliphatic carbocycles. The number of hydrogen-bond acceptors (Lipinski definition) is 5. The molecule has 7 nitrogen and oxygen atoms in total. The molecule has 4 aromatic rings. The Morgan fingerprint density at radius 1 is 0.939 bits per heavy atom. The van der Waals surface area contributed by atoms with Gasteiger partial charge in [0.05, 0.1) is 12.0 Å². The fourth-order valence-corrected chi connectivity index (χ4v) is 3.18. The van der Waals surface area contributed by atoms with Crippen molar-refractivity contribution >= 4 is 17.6 Å². The number of ether oxygens (including phenoxy) is 1. The number of anilines is 1. The summed E-state index contributed by atoms with van der Waals surface area (Å²) in [5.41, 5.74) is 3.58. The first kappa shape index (κ1) is 21.7. The summed E-state index contributed by atoms with van der Waals surface area (Å²) >= 11 is 0. The summed E-state index contributed by atoms with van der Waals surface area (Å²) in [4.78, 5) is 32.5. The first-order valence-corrected chi connectivity index (χ1v) is 10.2. The molecular formula is C26H21N3O4. The number of hydrogen-bond donors (Lipinski definition) is 2. The second-order valence-electron chi connectivity index (χ2n) is 7.47. The van der Waals surface area contributed by atoms with E-state index < -0.39 is 5.97 Å². The van der Waals surface area contributed by atoms with Crippen molar-refractivity contribution in [1.82, 2.24) is 9.97 Å². The second kappa shape index (κ2) is 9.74. The maximum atomic E-state index is 12.8. The lowest BCUT2D eigenvalue weighted by Crippen LogP contribution is -2.15. The lowest BCUT2D eigenvalue weighted by atomic mass is 10.1. The van der Waals surface area contributed by atoms with Gasteiger partial charge in [-0.25, -0.2) is 9.78 Å². The van der Waals surface area contributed by atoms with E-state index in [9.17, 15) is 14.7 Å². The van der Waals surface area contributed by atoms with E-state index in [1.807, 2.05) is 49.4 Å². The van der Waals surface area contributed by atoms with Gasteiger partial charge in [0, 0.05) is 29.7 Å². The van der Waals surface area contributed by atoms with E-state index in [1.54, 1.807) is 30.6 Å². The average molecular weight is 439 g/mol. The number of nitrogens with one attached hydrogen (secondary N) is 1. The van der Waals surface area contributed by atoms with Crippen LogP contribution in [0.25, 0.3) is 11.1 Å². The third-order valence-corrected chi connectivity index (χ3v) is 4.89. The number of carbonyl (C=O) groups is 2. The number of aromatic nitrogens is 2. The first-order valence-electron chi connectivity index (χ1n) is 10.2. The van der Waals surface area contributed by atoms with Crippen molar-refractivity contribution in [3.63, 3.8) is 0 Å². The van der Waals surface area contributed by atoms with Crippen molar-refractivity contribution in [2.24, 2.45) is 0 Å². The normalized spacial score (nSPS) is 10.5. The number of carboxylic acids is 1. The van der Waals surface area contributed by atoms with Crippen molar-refractivity contribution in [2.45, 2.75) is 13.3 Å². The molecule has 0 atom stereocenters. The minimum absolute atomic E-state index is 0.0575. The fraction of sp³-hybridized carbons (Fsp3) is 0.0769. The van der Waals surface area contributed by atoms with Gasteiger partial charge in [-0.1, -0.05) is 48.0 Å². The van der Waals surface area contributed by atoms with Crippen LogP contribution in [0.15, 0.2) is 85.3 Å². The van der Waals surface area contributed by atoms with Gasteiger partial charge in [0.15, 0.2) is 0 Å². The van der Waals surface area contributed by atoms with Gasteiger partial charge >= 0.3 is 5.97 Å². The highest BCUT2D eigenvalue weighted by Crippen LogP contribution is 2.31. The van der Waals surface area contributed by atoms with Gasteiger partial charge in [-0.15, -0.1) is 0 Å². The zero-order chi connectivity index (χ0) is 23.2. The summed E-state index contributed by atoms with van der Waals surface area (Å²) in [5, 5.41) is 12.1. The molecular weight excluding hydrogens is 418 g/mol. The molecule has 33 heavy (non-hydrogen) atoms. The molecule has 0 aliphatic rings. The minimum Gasteiger partial charge on any atom is -0.478 e. The van der Waals surface area contributed by atoms with Crippen molar-refractivity contribution in [2.75, 3.05) is 5.32 Å². The van der Waals surface area contributed by atoms with Gasteiger partial charge in [0.25, 0.3) is 0 Å². The largest absolute Gasteiger partial charge is 0.478 e. The van der Waals surface area contributed by atoms with Crippen LogP contribution in [0.2, 0.25) is 0 Å². The Balaban J connectivity index is 1.65. The molecule has 0 spiro atoms. The van der Waals surface area contributed by atoms with Gasteiger partial charge in [-0.3, -0.25) is 9.78 Å². The predicted octanol–water partition coefficient (Wildman–Crippen LogP) is 5.12. The van der Waals surface area contributed by atoms with Crippen LogP contribution in [0.5, 0.6) is 11.6 Å². The smallest absolute Gasteiger partial charge is 0.337 e. The average Bonchev–Trinajstić information content (AvgIpc) is 2.82. The first-order chi connectivity index (χ1) is 16.0. The molecule has 0 saturated heterocycles. The highest BCUT2D eigenvalue weighted by molar-refractivity contribution is 5.94. The highest BCUT2D eigenvalue weighted by Gasteiger charge is 2.14. The Morgan fingerprint density at radius 2 is 1.67 bits per heavy atom. The molecule has 4 rings (SSSR count). The van der Waals surface area contributed by atoms with E-state index in [0.717, 1.165) is 11.1 Å². The molecule has 2 heterocycles. The summed E-state index contributed by atoms with van der Waals surface area (Å²) in [6.07, 6.45) is 4.55. The predicted molar refractivity (Wildman–Crippen MR) is 124 cm³/mol. The number of pyridine rings is 2. The Bertz CT molecular complexity index is 1290. The number of rotatable bonds is 7. The molecule has 0 saturated carbocycles. The number of amides is 1. The number of aromatic carboxylic acids is 1. The van der Waals surface area contributed by atoms with Gasteiger partial charge in [-0.2, -0.15) is 0 Å². The zero-order valence-electron chi connectivity index (χ0n) is 17.9. The van der Waals surface area contributed by atoms with Crippen LogP contribution < -0.4 is 10.1 Å². The molecule has 164 valence electrons. The van der Waals surface area contributed by atoms with Gasteiger partial charge in [0.1, 0.15) is 11.4 Å². The van der Waals surface area contributed by atoms with E-state index in [-0.39, 0.29) is 23.8 Å². The third-order valence-electron chi connectivity index (χ3n) is 4.89. The Labute approximate surface area is 190 Å². The maximum absolute atomic E-state index is 12.8. The van der Waals surface area contributed by atoms with E-state index >= 15 is 0 Å². The van der Waals surface area contributed by atoms with E-state index in [2.05, 4.69) is 15.3 Å². The second-order valence-corrected chi connectivity index (χ2v) is 7.47. The number of benzene rings is 2.